The van der Waals surface area contributed by atoms with Crippen molar-refractivity contribution in [1.29, 1.82) is 0 Å². The molecule has 0 fully saturated rings. The largest absolute Gasteiger partial charge is 0.744 e. The standard InChI is InChI=1S/C30H47S.C6H6O3S/c1-2-3-4-5-6-7-8-9-10-11-12-13-14-15-16-23-28-31(29-24-19-17-20-25-29)30-26-21-18-22-27-30;7-10(8,9)6-4-2-1-3-5-6/h17-22,24-27H,2-16,23,28H2,1H3;1-5H,(H,7,8,9)/q+1;/p-1. The molecule has 3 aromatic rings. The quantitative estimate of drug-likeness (QED) is 0.0740. The van der Waals surface area contributed by atoms with Crippen LogP contribution in [0.3, 0.4) is 0 Å². The molecule has 0 spiro atoms. The van der Waals surface area contributed by atoms with E-state index in [-0.39, 0.29) is 15.8 Å². The topological polar surface area (TPSA) is 57.2 Å². The van der Waals surface area contributed by atoms with E-state index in [0.29, 0.717) is 0 Å². The van der Waals surface area contributed by atoms with Gasteiger partial charge in [-0.3, -0.25) is 0 Å². The van der Waals surface area contributed by atoms with Crippen LogP contribution in [0.25, 0.3) is 0 Å². The highest BCUT2D eigenvalue weighted by molar-refractivity contribution is 7.97. The van der Waals surface area contributed by atoms with Crippen molar-refractivity contribution in [3.8, 4) is 0 Å². The summed E-state index contributed by atoms with van der Waals surface area (Å²) in [7, 11) is -4.02. The van der Waals surface area contributed by atoms with Gasteiger partial charge < -0.3 is 4.55 Å². The maximum absolute atomic E-state index is 10.3. The number of hydrogen-bond donors (Lipinski definition) is 0. The van der Waals surface area contributed by atoms with E-state index in [2.05, 4.69) is 67.6 Å². The molecule has 226 valence electrons. The lowest BCUT2D eigenvalue weighted by molar-refractivity contribution is 0.463. The SMILES string of the molecule is CCCCCCCCCCCCCCCCCC[S+](c1ccccc1)c1ccccc1.O=S(=O)([O-])c1ccccc1. The Kier molecular flexibility index (Phi) is 19.3. The molecule has 3 nitrogen and oxygen atoms in total. The lowest BCUT2D eigenvalue weighted by Crippen LogP contribution is -2.08. The van der Waals surface area contributed by atoms with Crippen LogP contribution in [-0.2, 0) is 21.0 Å². The zero-order valence-corrected chi connectivity index (χ0v) is 26.9. The molecule has 0 atom stereocenters. The molecule has 0 heterocycles. The summed E-state index contributed by atoms with van der Waals surface area (Å²) in [6.45, 7) is 2.30. The highest BCUT2D eigenvalue weighted by atomic mass is 32.2. The average molecular weight is 597 g/mol. The molecule has 3 rings (SSSR count). The minimum Gasteiger partial charge on any atom is -0.744 e. The summed E-state index contributed by atoms with van der Waals surface area (Å²) in [5, 5.41) is 0. The summed E-state index contributed by atoms with van der Waals surface area (Å²) in [5.41, 5.74) is 0. The minimum atomic E-state index is -4.25. The summed E-state index contributed by atoms with van der Waals surface area (Å²) >= 11 is 0. The molecule has 41 heavy (non-hydrogen) atoms. The third-order valence-electron chi connectivity index (χ3n) is 7.29. The van der Waals surface area contributed by atoms with Crippen molar-refractivity contribution >= 4 is 21.0 Å². The van der Waals surface area contributed by atoms with Gasteiger partial charge in [0.15, 0.2) is 9.79 Å². The Morgan fingerprint density at radius 1 is 0.488 bits per heavy atom. The van der Waals surface area contributed by atoms with Crippen molar-refractivity contribution in [3.05, 3.63) is 91.0 Å². The van der Waals surface area contributed by atoms with Crippen molar-refractivity contribution in [1.82, 2.24) is 0 Å². The molecular weight excluding hydrogens is 545 g/mol. The first kappa shape index (κ1) is 35.1. The molecule has 0 bridgehead atoms. The van der Waals surface area contributed by atoms with Crippen LogP contribution in [0.2, 0.25) is 0 Å². The first-order chi connectivity index (χ1) is 20.0. The Balaban J connectivity index is 0.000000493. The molecule has 0 unspecified atom stereocenters. The number of rotatable bonds is 20. The molecule has 0 aromatic heterocycles. The molecule has 5 heteroatoms. The van der Waals surface area contributed by atoms with E-state index in [1.54, 1.807) is 6.07 Å². The van der Waals surface area contributed by atoms with Crippen LogP contribution < -0.4 is 0 Å². The van der Waals surface area contributed by atoms with Crippen LogP contribution in [0.1, 0.15) is 110 Å². The van der Waals surface area contributed by atoms with Crippen LogP contribution in [-0.4, -0.2) is 18.7 Å². The molecular formula is C36H52O3S2. The fourth-order valence-corrected chi connectivity index (χ4v) is 7.62. The zero-order valence-electron chi connectivity index (χ0n) is 25.2. The Bertz CT molecular complexity index is 1060. The number of unbranched alkanes of at least 4 members (excludes halogenated alkanes) is 15. The van der Waals surface area contributed by atoms with Gasteiger partial charge in [0.25, 0.3) is 0 Å². The average Bonchev–Trinajstić information content (AvgIpc) is 3.00. The van der Waals surface area contributed by atoms with Crippen LogP contribution in [0.15, 0.2) is 106 Å². The Morgan fingerprint density at radius 2 is 0.805 bits per heavy atom. The Morgan fingerprint density at radius 3 is 1.12 bits per heavy atom. The Hall–Kier alpha value is -2.08. The van der Waals surface area contributed by atoms with E-state index < -0.39 is 10.1 Å². The minimum absolute atomic E-state index is 0.185. The van der Waals surface area contributed by atoms with Crippen molar-refractivity contribution in [2.24, 2.45) is 0 Å². The van der Waals surface area contributed by atoms with Crippen LogP contribution >= 0.6 is 0 Å². The second-order valence-corrected chi connectivity index (χ2v) is 14.3. The molecule has 0 aliphatic rings. The van der Waals surface area contributed by atoms with Crippen molar-refractivity contribution in [2.75, 3.05) is 5.75 Å². The summed E-state index contributed by atoms with van der Waals surface area (Å²) < 4.78 is 30.8. The smallest absolute Gasteiger partial charge is 0.160 e. The van der Waals surface area contributed by atoms with Gasteiger partial charge in [0.2, 0.25) is 0 Å². The van der Waals surface area contributed by atoms with Crippen LogP contribution in [0.5, 0.6) is 0 Å². The Labute approximate surface area is 254 Å². The first-order valence-corrected chi connectivity index (χ1v) is 18.6. The van der Waals surface area contributed by atoms with Gasteiger partial charge in [-0.05, 0) is 49.2 Å². The summed E-state index contributed by atoms with van der Waals surface area (Å²) in [5.74, 6) is 1.30. The number of benzene rings is 3. The lowest BCUT2D eigenvalue weighted by atomic mass is 10.0. The van der Waals surface area contributed by atoms with Gasteiger partial charge in [0, 0.05) is 0 Å². The highest BCUT2D eigenvalue weighted by Gasteiger charge is 2.23. The summed E-state index contributed by atoms with van der Waals surface area (Å²) in [6, 6.07) is 29.4. The molecule has 0 radical (unpaired) electrons. The van der Waals surface area contributed by atoms with Gasteiger partial charge in [-0.25, -0.2) is 8.42 Å². The van der Waals surface area contributed by atoms with E-state index in [1.807, 2.05) is 0 Å². The molecule has 0 saturated carbocycles. The van der Waals surface area contributed by atoms with E-state index in [4.69, 9.17) is 0 Å². The van der Waals surface area contributed by atoms with Gasteiger partial charge in [0.05, 0.1) is 15.8 Å². The summed E-state index contributed by atoms with van der Waals surface area (Å²) in [4.78, 5) is 2.80. The van der Waals surface area contributed by atoms with Gasteiger partial charge in [0.1, 0.15) is 15.9 Å². The highest BCUT2D eigenvalue weighted by Crippen LogP contribution is 2.25. The van der Waals surface area contributed by atoms with Gasteiger partial charge in [-0.15, -0.1) is 0 Å². The predicted octanol–water partition coefficient (Wildman–Crippen LogP) is 10.6. The second-order valence-electron chi connectivity index (χ2n) is 10.8. The molecule has 0 N–H and O–H groups in total. The van der Waals surface area contributed by atoms with Crippen molar-refractivity contribution in [3.63, 3.8) is 0 Å². The van der Waals surface area contributed by atoms with Crippen LogP contribution in [0, 0.1) is 0 Å². The fourth-order valence-electron chi connectivity index (χ4n) is 4.92. The third-order valence-corrected chi connectivity index (χ3v) is 10.5. The summed E-state index contributed by atoms with van der Waals surface area (Å²) in [6.07, 6.45) is 23.0. The maximum atomic E-state index is 10.3. The molecule has 0 saturated heterocycles. The van der Waals surface area contributed by atoms with E-state index in [9.17, 15) is 13.0 Å². The second kappa shape index (κ2) is 22.5. The monoisotopic (exact) mass is 596 g/mol. The van der Waals surface area contributed by atoms with E-state index in [0.717, 1.165) is 0 Å². The molecule has 0 aliphatic carbocycles. The van der Waals surface area contributed by atoms with Crippen LogP contribution in [0.4, 0.5) is 0 Å². The number of hydrogen-bond acceptors (Lipinski definition) is 3. The van der Waals surface area contributed by atoms with Crippen molar-refractivity contribution < 1.29 is 13.0 Å². The molecule has 3 aromatic carbocycles. The molecule has 0 amide bonds. The van der Waals surface area contributed by atoms with Crippen molar-refractivity contribution in [2.45, 2.75) is 124 Å². The van der Waals surface area contributed by atoms with E-state index in [1.165, 1.54) is 143 Å². The first-order valence-electron chi connectivity index (χ1n) is 15.8. The van der Waals surface area contributed by atoms with Gasteiger partial charge in [-0.1, -0.05) is 151 Å². The molecule has 0 aliphatic heterocycles. The predicted molar refractivity (Wildman–Crippen MR) is 176 cm³/mol. The van der Waals surface area contributed by atoms with Gasteiger partial charge >= 0.3 is 0 Å². The fraction of sp³-hybridized carbons (Fsp3) is 0.500. The zero-order chi connectivity index (χ0) is 29.4. The maximum Gasteiger partial charge on any atom is 0.160 e. The normalized spacial score (nSPS) is 11.3. The lowest BCUT2D eigenvalue weighted by Gasteiger charge is -2.08. The third kappa shape index (κ3) is 16.8. The van der Waals surface area contributed by atoms with E-state index >= 15 is 0 Å². The van der Waals surface area contributed by atoms with Gasteiger partial charge in [-0.2, -0.15) is 0 Å².